The van der Waals surface area contributed by atoms with Crippen LogP contribution in [0.5, 0.6) is 11.5 Å². The molecule has 0 atom stereocenters. The van der Waals surface area contributed by atoms with Gasteiger partial charge in [0.05, 0.1) is 30.4 Å². The van der Waals surface area contributed by atoms with E-state index in [9.17, 15) is 4.39 Å². The summed E-state index contributed by atoms with van der Waals surface area (Å²) in [4.78, 5) is 48.8. The fourth-order valence-corrected chi connectivity index (χ4v) is 11.1. The minimum absolute atomic E-state index is 0. The van der Waals surface area contributed by atoms with E-state index in [1.165, 1.54) is 17.5 Å². The molecule has 108 heavy (non-hydrogen) atoms. The molecule has 14 rings (SSSR count). The number of pyridine rings is 6. The zero-order valence-electron chi connectivity index (χ0n) is 60.0. The van der Waals surface area contributed by atoms with Gasteiger partial charge in [0.25, 0.3) is 0 Å². The van der Waals surface area contributed by atoms with Gasteiger partial charge in [-0.25, -0.2) is 9.29 Å². The van der Waals surface area contributed by atoms with Crippen molar-refractivity contribution < 1.29 is 99.0 Å². The zero-order valence-corrected chi connectivity index (χ0v) is 69.5. The van der Waals surface area contributed by atoms with E-state index in [1.54, 1.807) is 67.6 Å². The van der Waals surface area contributed by atoms with Crippen molar-refractivity contribution in [2.75, 3.05) is 26.3 Å². The number of imidazole rings is 2. The number of unbranched alkanes of at least 4 members (excludes halogenated alkanes) is 5. The summed E-state index contributed by atoms with van der Waals surface area (Å²) in [6.07, 6.45) is 27.6. The van der Waals surface area contributed by atoms with Gasteiger partial charge in [0.1, 0.15) is 12.4 Å². The Kier molecular flexibility index (Phi) is 38.3. The van der Waals surface area contributed by atoms with Crippen LogP contribution in [-0.4, -0.2) is 85.8 Å². The number of benzene rings is 4. The topological polar surface area (TPSA) is 192 Å². The van der Waals surface area contributed by atoms with Gasteiger partial charge in [0.2, 0.25) is 0 Å². The van der Waals surface area contributed by atoms with Crippen molar-refractivity contribution in [3.8, 4) is 73.6 Å². The van der Waals surface area contributed by atoms with Gasteiger partial charge in [-0.2, -0.15) is 0 Å². The monoisotopic (exact) mass is 2150 g/mol. The van der Waals surface area contributed by atoms with Crippen molar-refractivity contribution in [2.24, 2.45) is 0 Å². The first-order chi connectivity index (χ1) is 51.4. The second-order valence-electron chi connectivity index (χ2n) is 24.1. The van der Waals surface area contributed by atoms with E-state index in [0.717, 1.165) is 155 Å². The van der Waals surface area contributed by atoms with Gasteiger partial charge in [-0.05, 0) is 97.0 Å². The fraction of sp³-hybridized carbons (Fsp3) is 0.224. The predicted octanol–water partition coefficient (Wildman–Crippen LogP) is 15.3. The molecule has 0 unspecified atom stereocenters. The van der Waals surface area contributed by atoms with Crippen molar-refractivity contribution in [1.29, 1.82) is 0 Å². The second kappa shape index (κ2) is 48.2. The number of aromatic nitrogens is 14. The normalized spacial score (nSPS) is 10.5. The van der Waals surface area contributed by atoms with Crippen molar-refractivity contribution in [1.82, 2.24) is 74.5 Å². The first kappa shape index (κ1) is 85.9. The number of aryl methyl sites for hydroxylation is 2. The Labute approximate surface area is 686 Å². The molecule has 23 heteroatoms. The van der Waals surface area contributed by atoms with E-state index in [1.807, 2.05) is 194 Å². The van der Waals surface area contributed by atoms with Crippen LogP contribution in [0.3, 0.4) is 0 Å². The van der Waals surface area contributed by atoms with Crippen LogP contribution < -0.4 is 29.2 Å². The Bertz CT molecular complexity index is 4650. The van der Waals surface area contributed by atoms with E-state index in [4.69, 9.17) is 14.5 Å². The molecule has 3 radical (unpaired) electrons. The molecule has 0 aliphatic rings. The largest absolute Gasteiger partial charge is 3.00 e. The summed E-state index contributed by atoms with van der Waals surface area (Å²) >= 11 is 0. The maximum atomic E-state index is 12.3. The van der Waals surface area contributed by atoms with Crippen LogP contribution in [0.25, 0.3) is 62.1 Å². The summed E-state index contributed by atoms with van der Waals surface area (Å²) in [5, 5.41) is 8.47. The van der Waals surface area contributed by atoms with Crippen LogP contribution in [0, 0.1) is 37.4 Å². The van der Waals surface area contributed by atoms with Crippen LogP contribution in [0.15, 0.2) is 256 Å². The number of alkyl halides is 1. The maximum absolute atomic E-state index is 12.3. The van der Waals surface area contributed by atoms with Gasteiger partial charge in [-0.3, -0.25) is 34.6 Å². The Hall–Kier alpha value is -9.33. The van der Waals surface area contributed by atoms with E-state index in [2.05, 4.69) is 108 Å². The number of rotatable bonds is 31. The molecule has 14 aromatic rings. The first-order valence-corrected chi connectivity index (χ1v) is 35.1. The minimum Gasteiger partial charge on any atom is -0.537 e. The summed E-state index contributed by atoms with van der Waals surface area (Å²) in [6.45, 7) is 9.45. The number of hydrogen-bond acceptors (Lipinski definition) is 13. The molecule has 0 fully saturated rings. The van der Waals surface area contributed by atoms with Gasteiger partial charge in [-0.15, -0.1) is 138 Å². The third-order valence-corrected chi connectivity index (χ3v) is 16.3. The Balaban J connectivity index is 0.000000223. The smallest absolute Gasteiger partial charge is 0.537 e. The van der Waals surface area contributed by atoms with Crippen LogP contribution in [0.2, 0.25) is 0 Å². The molecule has 18 nitrogen and oxygen atoms in total. The van der Waals surface area contributed by atoms with Crippen LogP contribution in [0.1, 0.15) is 86.3 Å². The molecule has 0 saturated carbocycles. The van der Waals surface area contributed by atoms with Crippen molar-refractivity contribution in [3.05, 3.63) is 321 Å². The second-order valence-corrected chi connectivity index (χ2v) is 24.1. The van der Waals surface area contributed by atoms with Crippen molar-refractivity contribution in [3.63, 3.8) is 0 Å². The first-order valence-electron chi connectivity index (χ1n) is 35.1. The molecule has 10 aromatic heterocycles. The molecule has 0 bridgehead atoms. The number of hydrogen-bond donors (Lipinski definition) is 0. The summed E-state index contributed by atoms with van der Waals surface area (Å²) in [7, 11) is 0. The summed E-state index contributed by atoms with van der Waals surface area (Å²) < 4.78 is 27.9. The summed E-state index contributed by atoms with van der Waals surface area (Å²) in [6, 6.07) is 77.7. The van der Waals surface area contributed by atoms with Gasteiger partial charge < -0.3 is 49.2 Å². The third kappa shape index (κ3) is 28.3. The minimum atomic E-state index is -0.561. The van der Waals surface area contributed by atoms with Gasteiger partial charge in [0, 0.05) is 134 Å². The SMILES string of the molecule is CCc1cccc(-c2[c-]cccc2)n1.Cc1c[c-]n(-c2cccc(CF)n2)n1.[Ir+3].[Ir].[Ir].[Ir].[c-]1ccccc1-c1cccc(-c2[c-]cc(OCCCCCCCCOc3cccnc3-c3[c-]c(-c4ccccn4)ccc3)cc2)n1.c1ccc(CN(CCCN(Cc2ncc[n-]2)C[n+]2ccc[n-]2)Cc2ncc[n-]2)nc1. The fourth-order valence-electron chi connectivity index (χ4n) is 11.1. The summed E-state index contributed by atoms with van der Waals surface area (Å²) in [5.41, 5.74) is 12.7. The predicted molar refractivity (Wildman–Crippen MR) is 399 cm³/mol. The number of ether oxygens (including phenoxy) is 2. The average Bonchev–Trinajstić information content (AvgIpc) is 0.995. The zero-order chi connectivity index (χ0) is 71.4. The molecule has 0 aliphatic carbocycles. The average molecular weight is 2150 g/mol. The van der Waals surface area contributed by atoms with Gasteiger partial charge in [-0.1, -0.05) is 154 Å². The van der Waals surface area contributed by atoms with Crippen molar-refractivity contribution in [2.45, 2.75) is 98.2 Å². The maximum Gasteiger partial charge on any atom is 3.00 e. The van der Waals surface area contributed by atoms with Gasteiger partial charge in [0.15, 0.2) is 12.9 Å². The molecule has 10 heterocycles. The van der Waals surface area contributed by atoms with Crippen LogP contribution >= 0.6 is 0 Å². The Morgan fingerprint density at radius 1 is 0.481 bits per heavy atom. The standard InChI is InChI=1S/C41H36N3O2.C21H25N9.C13H12N.C10H9FN3.4Ir/c1(3-10-29-45-36-25-23-33(24-26-36)39-21-13-20-38(44-39)32-15-6-5-7-16-32)2-4-11-30-46-40-22-14-28-43-41(40)35-18-12-17-34(31-35)37-19-8-9-27-42-37;1-2-6-22-19(5-1)15-28(16-20-23-8-9-24-20)12-4-13-29(17-21-25-10-11-26-21)18-30-14-3-7-27-30;1-2-12-9-6-10-13(14-12)11-7-4-3-5-8-11;1-8-5-6-14(13-8)10-4-2-3-9(7-11)12-10;;;;/h5-9,12-15,17-23,25-28H,1-4,10-11,29-30H2;1-3,5-11,14H,4,12-13,15-18H2;3-7,9-10H,2H2,1H3;2-5H,7H2,1H3;;;;/q-3;-2;2*-1;;;;+3. The molecule has 4 aromatic carbocycles. The molecule has 0 N–H and O–H groups in total. The molecule has 0 amide bonds. The summed E-state index contributed by atoms with van der Waals surface area (Å²) in [5.74, 6) is 3.88. The molecular weight excluding hydrogens is 2060 g/mol. The molecule has 0 saturated heterocycles. The van der Waals surface area contributed by atoms with Crippen LogP contribution in [0.4, 0.5) is 4.39 Å². The third-order valence-electron chi connectivity index (χ3n) is 16.3. The van der Waals surface area contributed by atoms with E-state index < -0.39 is 6.67 Å². The number of nitrogens with zero attached hydrogens (tertiary/aromatic N) is 16. The molecule has 0 aliphatic heterocycles. The quantitative estimate of drug-likeness (QED) is 0.0226. The molecular formula is C85H82FIr4N16O2-4. The van der Waals surface area contributed by atoms with Gasteiger partial charge >= 0.3 is 20.1 Å². The molecule has 561 valence electrons. The van der Waals surface area contributed by atoms with E-state index >= 15 is 0 Å². The van der Waals surface area contributed by atoms with Crippen LogP contribution in [-0.2, 0) is 120 Å². The molecule has 0 spiro atoms. The van der Waals surface area contributed by atoms with E-state index in [0.29, 0.717) is 44.5 Å². The Morgan fingerprint density at radius 2 is 1.08 bits per heavy atom. The Morgan fingerprint density at radius 3 is 1.70 bits per heavy atom. The van der Waals surface area contributed by atoms with E-state index in [-0.39, 0.29) is 80.4 Å². The number of halogens is 1. The van der Waals surface area contributed by atoms with Crippen molar-refractivity contribution >= 4 is 0 Å².